The molecule has 7 rings (SSSR count). The van der Waals surface area contributed by atoms with Gasteiger partial charge in [0.1, 0.15) is 11.5 Å². The van der Waals surface area contributed by atoms with Crippen molar-refractivity contribution in [1.29, 1.82) is 0 Å². The number of nitrogens with zero attached hydrogens (tertiary/aromatic N) is 3. The molecule has 0 radical (unpaired) electrons. The number of anilines is 1. The Morgan fingerprint density at radius 1 is 0.944 bits per heavy atom. The number of hydrogen-bond donors (Lipinski definition) is 1. The first-order valence-corrected chi connectivity index (χ1v) is 21.6. The van der Waals surface area contributed by atoms with Gasteiger partial charge in [-0.25, -0.2) is 0 Å². The summed E-state index contributed by atoms with van der Waals surface area (Å²) >= 11 is 0. The van der Waals surface area contributed by atoms with Crippen LogP contribution in [0.4, 0.5) is 5.69 Å². The fraction of sp³-hybridized carbons (Fsp3) is 0.405. The van der Waals surface area contributed by atoms with E-state index in [1.54, 1.807) is 42.3 Å². The topological polar surface area (TPSA) is 120 Å². The first-order valence-electron chi connectivity index (χ1n) is 18.6. The minimum Gasteiger partial charge on any atom is -0.497 e. The van der Waals surface area contributed by atoms with Crippen molar-refractivity contribution >= 4 is 30.8 Å². The number of pyridine rings is 1. The number of carbonyl (C=O) groups is 2. The largest absolute Gasteiger partial charge is 0.497 e. The Balaban J connectivity index is 1.28. The Hall–Kier alpha value is -4.91. The number of aliphatic hydroxyl groups excluding tert-OH is 1. The number of ether oxygens (including phenoxy) is 4. The average Bonchev–Trinajstić information content (AvgIpc) is 3.85. The van der Waals surface area contributed by atoms with Crippen LogP contribution < -0.4 is 29.9 Å². The van der Waals surface area contributed by atoms with Crippen LogP contribution in [0.15, 0.2) is 89.9 Å². The molecule has 5 atom stereocenters. The molecule has 1 spiro atoms. The van der Waals surface area contributed by atoms with Crippen molar-refractivity contribution in [1.82, 2.24) is 9.47 Å². The highest BCUT2D eigenvalue weighted by molar-refractivity contribution is 6.91. The molecule has 2 amide bonds. The van der Waals surface area contributed by atoms with Crippen molar-refractivity contribution in [2.75, 3.05) is 39.4 Å². The fourth-order valence-corrected chi connectivity index (χ4v) is 13.2. The molecule has 3 aliphatic rings. The maximum atomic E-state index is 15.3. The Bertz CT molecular complexity index is 2080. The van der Waals surface area contributed by atoms with Crippen LogP contribution in [0.1, 0.15) is 37.3 Å². The number of benzene rings is 3. The van der Waals surface area contributed by atoms with Crippen LogP contribution in [0, 0.1) is 5.92 Å². The van der Waals surface area contributed by atoms with Crippen molar-refractivity contribution in [3.63, 3.8) is 0 Å². The van der Waals surface area contributed by atoms with Crippen molar-refractivity contribution in [3.05, 3.63) is 107 Å². The summed E-state index contributed by atoms with van der Waals surface area (Å²) in [6.07, 6.45) is 2.85. The molecule has 11 nitrogen and oxygen atoms in total. The molecule has 4 heterocycles. The molecule has 1 aromatic heterocycles. The predicted molar refractivity (Wildman–Crippen MR) is 209 cm³/mol. The van der Waals surface area contributed by atoms with Crippen LogP contribution in [0.3, 0.4) is 0 Å². The van der Waals surface area contributed by atoms with E-state index in [2.05, 4.69) is 32.2 Å². The van der Waals surface area contributed by atoms with Crippen LogP contribution in [0.25, 0.3) is 5.69 Å². The SMILES string of the molecule is COc1ccc([Si](C)(C)[C@@H]2[C@@H](CC(=O)N3CCC[C@H]3CO)O[C@]3(C(=O)N(Cc4ccc(-n5cccc(OC)c5=O)cc4)c4ccc(OC)cc43)[C@H]2C)cc1. The fourth-order valence-electron chi connectivity index (χ4n) is 9.20. The molecule has 2 fully saturated rings. The summed E-state index contributed by atoms with van der Waals surface area (Å²) < 4.78 is 25.1. The second-order valence-electron chi connectivity index (χ2n) is 15.1. The quantitative estimate of drug-likeness (QED) is 0.213. The summed E-state index contributed by atoms with van der Waals surface area (Å²) in [7, 11) is 2.23. The van der Waals surface area contributed by atoms with Crippen LogP contribution in [0.5, 0.6) is 17.2 Å². The molecule has 4 aromatic rings. The van der Waals surface area contributed by atoms with Gasteiger partial charge in [0.25, 0.3) is 11.5 Å². The highest BCUT2D eigenvalue weighted by Crippen LogP contribution is 2.60. The van der Waals surface area contributed by atoms with E-state index in [0.717, 1.165) is 35.4 Å². The Morgan fingerprint density at radius 3 is 2.31 bits per heavy atom. The second kappa shape index (κ2) is 14.7. The minimum atomic E-state index is -2.49. The summed E-state index contributed by atoms with van der Waals surface area (Å²) in [5.74, 6) is 1.07. The van der Waals surface area contributed by atoms with Crippen molar-refractivity contribution in [2.45, 2.75) is 69.1 Å². The van der Waals surface area contributed by atoms with Gasteiger partial charge in [-0.2, -0.15) is 0 Å². The lowest BCUT2D eigenvalue weighted by molar-refractivity contribution is -0.150. The molecule has 54 heavy (non-hydrogen) atoms. The number of hydrogen-bond acceptors (Lipinski definition) is 8. The summed E-state index contributed by atoms with van der Waals surface area (Å²) in [5, 5.41) is 11.2. The first-order chi connectivity index (χ1) is 26.0. The van der Waals surface area contributed by atoms with Crippen molar-refractivity contribution in [3.8, 4) is 22.9 Å². The molecule has 0 unspecified atom stereocenters. The Morgan fingerprint density at radius 2 is 1.65 bits per heavy atom. The third-order valence-electron chi connectivity index (χ3n) is 12.0. The van der Waals surface area contributed by atoms with E-state index in [4.69, 9.17) is 18.9 Å². The maximum absolute atomic E-state index is 15.3. The monoisotopic (exact) mass is 751 g/mol. The zero-order valence-electron chi connectivity index (χ0n) is 31.8. The molecule has 3 aromatic carbocycles. The van der Waals surface area contributed by atoms with Gasteiger partial charge in [-0.3, -0.25) is 19.0 Å². The number of amides is 2. The van der Waals surface area contributed by atoms with E-state index in [9.17, 15) is 14.7 Å². The smallest absolute Gasteiger partial charge is 0.297 e. The zero-order valence-corrected chi connectivity index (χ0v) is 32.8. The van der Waals surface area contributed by atoms with Crippen molar-refractivity contribution < 1.29 is 33.6 Å². The average molecular weight is 752 g/mol. The predicted octanol–water partition coefficient (Wildman–Crippen LogP) is 5.00. The van der Waals surface area contributed by atoms with Crippen LogP contribution in [-0.2, 0) is 26.5 Å². The molecule has 0 bridgehead atoms. The molecule has 0 saturated carbocycles. The minimum absolute atomic E-state index is 0.0614. The van der Waals surface area contributed by atoms with Gasteiger partial charge in [0.05, 0.1) is 66.8 Å². The summed E-state index contributed by atoms with van der Waals surface area (Å²) in [6, 6.07) is 24.5. The Kier molecular flexibility index (Phi) is 10.2. The molecular formula is C42H49N3O8Si. The van der Waals surface area contributed by atoms with Gasteiger partial charge in [-0.15, -0.1) is 0 Å². The zero-order chi connectivity index (χ0) is 38.4. The summed E-state index contributed by atoms with van der Waals surface area (Å²) in [4.78, 5) is 45.8. The second-order valence-corrected chi connectivity index (χ2v) is 19.8. The van der Waals surface area contributed by atoms with Gasteiger partial charge in [0, 0.05) is 29.9 Å². The van der Waals surface area contributed by atoms with E-state index < -0.39 is 19.8 Å². The molecule has 2 saturated heterocycles. The standard InChI is InChI=1S/C42H49N3O8Si/c1-27-39(54(5,6)33-18-15-31(50-2)16-19-33)37(24-38(47)43-21-7-9-30(43)26-46)53-42(27)34-23-32(51-3)17-20-35(34)45(41(42)49)25-28-11-13-29(14-12-28)44-22-8-10-36(52-4)40(44)48/h8,10-20,22-23,27,30,37,39,46H,7,9,21,24-26H2,1-6H3/t27-,30-,37+,39-,42+/m0/s1. The van der Waals surface area contributed by atoms with E-state index in [-0.39, 0.29) is 60.2 Å². The lowest BCUT2D eigenvalue weighted by Crippen LogP contribution is -2.52. The third-order valence-corrected chi connectivity index (χ3v) is 16.4. The Labute approximate surface area is 317 Å². The molecule has 12 heteroatoms. The summed E-state index contributed by atoms with van der Waals surface area (Å²) in [6.45, 7) is 7.47. The maximum Gasteiger partial charge on any atom is 0.297 e. The number of methoxy groups -OCH3 is 3. The number of likely N-dealkylation sites (tertiary alicyclic amines) is 1. The summed E-state index contributed by atoms with van der Waals surface area (Å²) in [5.41, 5.74) is 1.24. The lowest BCUT2D eigenvalue weighted by atomic mass is 9.82. The lowest BCUT2D eigenvalue weighted by Gasteiger charge is -2.37. The highest BCUT2D eigenvalue weighted by Gasteiger charge is 2.66. The van der Waals surface area contributed by atoms with Gasteiger partial charge < -0.3 is 33.9 Å². The number of carbonyl (C=O) groups excluding carboxylic acids is 2. The van der Waals surface area contributed by atoms with Crippen LogP contribution in [-0.4, -0.2) is 81.1 Å². The third kappa shape index (κ3) is 6.19. The molecule has 0 aliphatic carbocycles. The van der Waals surface area contributed by atoms with Gasteiger partial charge in [-0.1, -0.05) is 49.5 Å². The van der Waals surface area contributed by atoms with E-state index in [1.165, 1.54) is 16.9 Å². The normalized spacial score (nSPS) is 23.6. The van der Waals surface area contributed by atoms with Crippen molar-refractivity contribution in [2.24, 2.45) is 5.92 Å². The van der Waals surface area contributed by atoms with E-state index in [0.29, 0.717) is 18.0 Å². The number of fused-ring (bicyclic) bond motifs is 2. The highest BCUT2D eigenvalue weighted by atomic mass is 28.3. The van der Waals surface area contributed by atoms with Gasteiger partial charge in [0.15, 0.2) is 11.4 Å². The van der Waals surface area contributed by atoms with Crippen LogP contribution >= 0.6 is 0 Å². The van der Waals surface area contributed by atoms with Crippen LogP contribution in [0.2, 0.25) is 18.6 Å². The molecular weight excluding hydrogens is 703 g/mol. The van der Waals surface area contributed by atoms with E-state index >= 15 is 4.79 Å². The number of aliphatic hydroxyl groups is 1. The molecule has 1 N–H and O–H groups in total. The van der Waals surface area contributed by atoms with E-state index in [1.807, 2.05) is 54.6 Å². The first kappa shape index (κ1) is 37.4. The number of aromatic nitrogens is 1. The van der Waals surface area contributed by atoms with Gasteiger partial charge >= 0.3 is 0 Å². The number of rotatable bonds is 11. The van der Waals surface area contributed by atoms with Gasteiger partial charge in [-0.05, 0) is 78.5 Å². The van der Waals surface area contributed by atoms with Gasteiger partial charge in [0.2, 0.25) is 5.91 Å². The molecule has 3 aliphatic heterocycles. The molecule has 284 valence electrons.